The molecule has 0 N–H and O–H groups in total. The van der Waals surface area contributed by atoms with Crippen LogP contribution in [0.4, 0.5) is 0 Å². The number of rotatable bonds is 5. The Balaban J connectivity index is 1.43. The maximum absolute atomic E-state index is 12.7. The summed E-state index contributed by atoms with van der Waals surface area (Å²) in [4.78, 5) is 27.0. The molecule has 2 saturated heterocycles. The summed E-state index contributed by atoms with van der Waals surface area (Å²) in [6.45, 7) is 9.00. The molecule has 1 aromatic heterocycles. The van der Waals surface area contributed by atoms with Gasteiger partial charge in [0.25, 0.3) is 0 Å². The van der Waals surface area contributed by atoms with Gasteiger partial charge < -0.3 is 4.90 Å². The van der Waals surface area contributed by atoms with E-state index in [1.54, 1.807) is 0 Å². The minimum absolute atomic E-state index is 0.226. The van der Waals surface area contributed by atoms with Crippen LogP contribution >= 0.6 is 0 Å². The summed E-state index contributed by atoms with van der Waals surface area (Å²) in [6.07, 6.45) is 6.23. The van der Waals surface area contributed by atoms with Crippen molar-refractivity contribution >= 4 is 5.91 Å². The molecule has 0 bridgehead atoms. The van der Waals surface area contributed by atoms with E-state index in [0.717, 1.165) is 74.8 Å². The molecule has 0 spiro atoms. The van der Waals surface area contributed by atoms with E-state index in [4.69, 9.17) is 9.97 Å². The van der Waals surface area contributed by atoms with Gasteiger partial charge in [0.2, 0.25) is 5.91 Å². The van der Waals surface area contributed by atoms with Crippen molar-refractivity contribution in [1.82, 2.24) is 19.8 Å². The van der Waals surface area contributed by atoms with E-state index in [-0.39, 0.29) is 5.91 Å². The summed E-state index contributed by atoms with van der Waals surface area (Å²) in [5.41, 5.74) is 4.33. The van der Waals surface area contributed by atoms with Crippen LogP contribution in [0.3, 0.4) is 0 Å². The third-order valence-electron chi connectivity index (χ3n) is 6.59. The average molecular weight is 407 g/mol. The van der Waals surface area contributed by atoms with Gasteiger partial charge in [-0.25, -0.2) is 9.97 Å². The first-order chi connectivity index (χ1) is 14.6. The number of amides is 1. The van der Waals surface area contributed by atoms with Crippen LogP contribution < -0.4 is 0 Å². The first-order valence-electron chi connectivity index (χ1n) is 11.5. The molecule has 1 atom stereocenters. The molecule has 5 heteroatoms. The van der Waals surface area contributed by atoms with Crippen molar-refractivity contribution in [2.45, 2.75) is 64.8 Å². The predicted octanol–water partition coefficient (Wildman–Crippen LogP) is 4.03. The van der Waals surface area contributed by atoms with Gasteiger partial charge in [-0.3, -0.25) is 9.69 Å². The fourth-order valence-corrected chi connectivity index (χ4v) is 4.86. The summed E-state index contributed by atoms with van der Waals surface area (Å²) in [5.74, 6) is 1.55. The van der Waals surface area contributed by atoms with Crippen LogP contribution in [0.15, 0.2) is 30.3 Å². The second kappa shape index (κ2) is 9.69. The Bertz CT molecular complexity index is 838. The molecule has 160 valence electrons. The zero-order valence-corrected chi connectivity index (χ0v) is 18.4. The van der Waals surface area contributed by atoms with Gasteiger partial charge in [-0.15, -0.1) is 0 Å². The smallest absolute Gasteiger partial charge is 0.227 e. The van der Waals surface area contributed by atoms with E-state index < -0.39 is 0 Å². The molecule has 1 amide bonds. The molecule has 3 heterocycles. The topological polar surface area (TPSA) is 49.3 Å². The predicted molar refractivity (Wildman–Crippen MR) is 119 cm³/mol. The summed E-state index contributed by atoms with van der Waals surface area (Å²) in [6, 6.07) is 10.7. The molecule has 5 nitrogen and oxygen atoms in total. The van der Waals surface area contributed by atoms with Gasteiger partial charge in [-0.05, 0) is 58.1 Å². The Hall–Kier alpha value is -2.27. The van der Waals surface area contributed by atoms with Crippen molar-refractivity contribution in [2.75, 3.05) is 26.2 Å². The number of aromatic nitrogens is 2. The van der Waals surface area contributed by atoms with E-state index in [9.17, 15) is 4.79 Å². The maximum atomic E-state index is 12.7. The van der Waals surface area contributed by atoms with Crippen molar-refractivity contribution in [3.63, 3.8) is 0 Å². The number of benzene rings is 1. The second-order valence-electron chi connectivity index (χ2n) is 8.91. The van der Waals surface area contributed by atoms with E-state index in [2.05, 4.69) is 35.2 Å². The fraction of sp³-hybridized carbons (Fsp3) is 0.560. The number of piperidine rings is 2. The number of hydrogen-bond donors (Lipinski definition) is 0. The minimum atomic E-state index is 0.226. The number of nitrogens with zero attached hydrogens (tertiary/aromatic N) is 4. The summed E-state index contributed by atoms with van der Waals surface area (Å²) in [7, 11) is 0. The van der Waals surface area contributed by atoms with Crippen molar-refractivity contribution in [2.24, 2.45) is 0 Å². The lowest BCUT2D eigenvalue weighted by Crippen LogP contribution is -2.37. The van der Waals surface area contributed by atoms with Crippen LogP contribution in [0, 0.1) is 13.8 Å². The molecule has 2 aliphatic rings. The van der Waals surface area contributed by atoms with Gasteiger partial charge in [0.05, 0.1) is 6.42 Å². The standard InChI is InChI=1S/C25H34N4O/c1-19-23(16-24(30)29-14-7-4-8-15-29)20(2)27-25(26-19)22-12-9-13-28(18-22)17-21-10-5-3-6-11-21/h3,5-6,10-11,22H,4,7-9,12-18H2,1-2H3/t22-/m1/s1. The highest BCUT2D eigenvalue weighted by Crippen LogP contribution is 2.27. The van der Waals surface area contributed by atoms with Crippen molar-refractivity contribution in [3.8, 4) is 0 Å². The Morgan fingerprint density at radius 1 is 0.967 bits per heavy atom. The Morgan fingerprint density at radius 3 is 2.37 bits per heavy atom. The summed E-state index contributed by atoms with van der Waals surface area (Å²) >= 11 is 0. The minimum Gasteiger partial charge on any atom is -0.342 e. The lowest BCUT2D eigenvalue weighted by atomic mass is 9.96. The van der Waals surface area contributed by atoms with Gasteiger partial charge in [0, 0.05) is 49.0 Å². The molecular formula is C25H34N4O. The van der Waals surface area contributed by atoms with Crippen LogP contribution in [0.5, 0.6) is 0 Å². The molecule has 2 aromatic rings. The highest BCUT2D eigenvalue weighted by Gasteiger charge is 2.25. The van der Waals surface area contributed by atoms with Crippen LogP contribution in [0.2, 0.25) is 0 Å². The van der Waals surface area contributed by atoms with Crippen molar-refractivity contribution in [1.29, 1.82) is 0 Å². The lowest BCUT2D eigenvalue weighted by molar-refractivity contribution is -0.131. The maximum Gasteiger partial charge on any atom is 0.227 e. The molecule has 1 aromatic carbocycles. The third-order valence-corrected chi connectivity index (χ3v) is 6.59. The second-order valence-corrected chi connectivity index (χ2v) is 8.91. The normalized spacial score (nSPS) is 20.3. The van der Waals surface area contributed by atoms with E-state index in [0.29, 0.717) is 12.3 Å². The van der Waals surface area contributed by atoms with E-state index in [1.165, 1.54) is 18.4 Å². The molecule has 0 aliphatic carbocycles. The van der Waals surface area contributed by atoms with E-state index in [1.807, 2.05) is 18.7 Å². The lowest BCUT2D eigenvalue weighted by Gasteiger charge is -2.32. The van der Waals surface area contributed by atoms with Gasteiger partial charge >= 0.3 is 0 Å². The third kappa shape index (κ3) is 5.07. The largest absolute Gasteiger partial charge is 0.342 e. The van der Waals surface area contributed by atoms with Crippen LogP contribution in [0.1, 0.15) is 66.4 Å². The molecule has 2 aliphatic heterocycles. The number of carbonyl (C=O) groups excluding carboxylic acids is 1. The molecule has 0 radical (unpaired) electrons. The quantitative estimate of drug-likeness (QED) is 0.752. The van der Waals surface area contributed by atoms with Crippen LogP contribution in [-0.2, 0) is 17.8 Å². The number of hydrogen-bond acceptors (Lipinski definition) is 4. The molecule has 4 rings (SSSR count). The molecule has 0 unspecified atom stereocenters. The molecular weight excluding hydrogens is 372 g/mol. The molecule has 2 fully saturated rings. The van der Waals surface area contributed by atoms with Gasteiger partial charge in [0.1, 0.15) is 5.82 Å². The van der Waals surface area contributed by atoms with Crippen LogP contribution in [0.25, 0.3) is 0 Å². The fourth-order valence-electron chi connectivity index (χ4n) is 4.86. The summed E-state index contributed by atoms with van der Waals surface area (Å²) < 4.78 is 0. The first-order valence-corrected chi connectivity index (χ1v) is 11.5. The Morgan fingerprint density at radius 2 is 1.67 bits per heavy atom. The van der Waals surface area contributed by atoms with Crippen molar-refractivity contribution < 1.29 is 4.79 Å². The molecule has 0 saturated carbocycles. The first kappa shape index (κ1) is 21.0. The average Bonchev–Trinajstić information content (AvgIpc) is 2.77. The SMILES string of the molecule is Cc1nc([C@@H]2CCCN(Cc3ccccc3)C2)nc(C)c1CC(=O)N1CCCCC1. The van der Waals surface area contributed by atoms with Gasteiger partial charge in [-0.2, -0.15) is 0 Å². The number of carbonyl (C=O) groups is 1. The van der Waals surface area contributed by atoms with E-state index >= 15 is 0 Å². The van der Waals surface area contributed by atoms with Crippen LogP contribution in [-0.4, -0.2) is 51.9 Å². The monoisotopic (exact) mass is 406 g/mol. The Kier molecular flexibility index (Phi) is 6.78. The highest BCUT2D eigenvalue weighted by atomic mass is 16.2. The zero-order chi connectivity index (χ0) is 20.9. The van der Waals surface area contributed by atoms with Crippen molar-refractivity contribution in [3.05, 3.63) is 58.7 Å². The number of aryl methyl sites for hydroxylation is 2. The van der Waals surface area contributed by atoms with Gasteiger partial charge in [-0.1, -0.05) is 30.3 Å². The summed E-state index contributed by atoms with van der Waals surface area (Å²) in [5, 5.41) is 0. The molecule has 30 heavy (non-hydrogen) atoms. The Labute approximate surface area is 180 Å². The van der Waals surface area contributed by atoms with Gasteiger partial charge in [0.15, 0.2) is 0 Å². The highest BCUT2D eigenvalue weighted by molar-refractivity contribution is 5.79. The number of likely N-dealkylation sites (tertiary alicyclic amines) is 2. The zero-order valence-electron chi connectivity index (χ0n) is 18.4.